The lowest BCUT2D eigenvalue weighted by Gasteiger charge is -2.04. The standard InChI is InChI=1S/C9H10N2OS/c10-6-7-2-1-3-8(9(7)11)13-5-4-12/h1-3,12H,4-5,11H2. The van der Waals surface area contributed by atoms with Crippen molar-refractivity contribution in [3.8, 4) is 6.07 Å². The van der Waals surface area contributed by atoms with Gasteiger partial charge in [-0.25, -0.2) is 0 Å². The highest BCUT2D eigenvalue weighted by Gasteiger charge is 2.03. The Hall–Kier alpha value is -1.18. The van der Waals surface area contributed by atoms with E-state index in [2.05, 4.69) is 0 Å². The van der Waals surface area contributed by atoms with Crippen molar-refractivity contribution in [1.29, 1.82) is 5.26 Å². The third kappa shape index (κ3) is 2.38. The summed E-state index contributed by atoms with van der Waals surface area (Å²) >= 11 is 1.45. The molecule has 0 aliphatic heterocycles. The highest BCUT2D eigenvalue weighted by molar-refractivity contribution is 7.99. The molecule has 3 N–H and O–H groups in total. The molecule has 0 spiro atoms. The number of hydrogen-bond donors (Lipinski definition) is 2. The Morgan fingerprint density at radius 1 is 1.54 bits per heavy atom. The molecule has 68 valence electrons. The first-order chi connectivity index (χ1) is 6.29. The fourth-order valence-electron chi connectivity index (χ4n) is 0.923. The van der Waals surface area contributed by atoms with Crippen LogP contribution in [0.5, 0.6) is 0 Å². The second-order valence-electron chi connectivity index (χ2n) is 2.40. The summed E-state index contributed by atoms with van der Waals surface area (Å²) in [5.74, 6) is 0.596. The minimum Gasteiger partial charge on any atom is -0.397 e. The molecule has 4 heteroatoms. The van der Waals surface area contributed by atoms with Crippen molar-refractivity contribution in [2.45, 2.75) is 4.90 Å². The van der Waals surface area contributed by atoms with Crippen molar-refractivity contribution in [3.63, 3.8) is 0 Å². The number of nitriles is 1. The molecule has 0 saturated carbocycles. The minimum atomic E-state index is 0.112. The molecule has 0 radical (unpaired) electrons. The lowest BCUT2D eigenvalue weighted by molar-refractivity contribution is 0.322. The molecule has 0 fully saturated rings. The van der Waals surface area contributed by atoms with Crippen LogP contribution >= 0.6 is 11.8 Å². The third-order valence-electron chi connectivity index (χ3n) is 1.54. The molecule has 0 amide bonds. The summed E-state index contributed by atoms with van der Waals surface area (Å²) in [6, 6.07) is 7.32. The van der Waals surface area contributed by atoms with Crippen molar-refractivity contribution in [1.82, 2.24) is 0 Å². The van der Waals surface area contributed by atoms with Crippen LogP contribution in [0, 0.1) is 11.3 Å². The second kappa shape index (κ2) is 4.75. The fraction of sp³-hybridized carbons (Fsp3) is 0.222. The van der Waals surface area contributed by atoms with E-state index >= 15 is 0 Å². The number of nitrogens with two attached hydrogens (primary N) is 1. The molecule has 0 saturated heterocycles. The van der Waals surface area contributed by atoms with Gasteiger partial charge in [0.2, 0.25) is 0 Å². The van der Waals surface area contributed by atoms with Crippen molar-refractivity contribution in [2.75, 3.05) is 18.1 Å². The number of thioether (sulfide) groups is 1. The zero-order chi connectivity index (χ0) is 9.68. The highest BCUT2D eigenvalue weighted by Crippen LogP contribution is 2.26. The summed E-state index contributed by atoms with van der Waals surface area (Å²) in [7, 11) is 0. The summed E-state index contributed by atoms with van der Waals surface area (Å²) in [5.41, 5.74) is 6.70. The van der Waals surface area contributed by atoms with Gasteiger partial charge in [0.15, 0.2) is 0 Å². The Morgan fingerprint density at radius 2 is 2.31 bits per heavy atom. The largest absolute Gasteiger partial charge is 0.397 e. The maximum atomic E-state index is 8.68. The van der Waals surface area contributed by atoms with Crippen molar-refractivity contribution in [3.05, 3.63) is 23.8 Å². The maximum Gasteiger partial charge on any atom is 0.101 e. The van der Waals surface area contributed by atoms with Gasteiger partial charge in [0.1, 0.15) is 6.07 Å². The number of aliphatic hydroxyl groups excluding tert-OH is 1. The van der Waals surface area contributed by atoms with Crippen LogP contribution in [0.4, 0.5) is 5.69 Å². The van der Waals surface area contributed by atoms with E-state index in [-0.39, 0.29) is 6.61 Å². The summed E-state index contributed by atoms with van der Waals surface area (Å²) in [5, 5.41) is 17.3. The number of para-hydroxylation sites is 1. The van der Waals surface area contributed by atoms with Crippen LogP contribution in [0.25, 0.3) is 0 Å². The summed E-state index contributed by atoms with van der Waals surface area (Å²) in [6.45, 7) is 0.112. The number of nitrogens with zero attached hydrogens (tertiary/aromatic N) is 1. The molecule has 1 aromatic carbocycles. The maximum absolute atomic E-state index is 8.68. The fourth-order valence-corrected chi connectivity index (χ4v) is 1.67. The SMILES string of the molecule is N#Cc1cccc(SCCO)c1N. The van der Waals surface area contributed by atoms with Gasteiger partial charge in [-0.2, -0.15) is 5.26 Å². The molecule has 0 unspecified atom stereocenters. The summed E-state index contributed by atoms with van der Waals surface area (Å²) in [6.07, 6.45) is 0. The lowest BCUT2D eigenvalue weighted by Crippen LogP contribution is -1.94. The van der Waals surface area contributed by atoms with Crippen molar-refractivity contribution in [2.24, 2.45) is 0 Å². The van der Waals surface area contributed by atoms with Crippen LogP contribution < -0.4 is 5.73 Å². The van der Waals surface area contributed by atoms with E-state index in [1.165, 1.54) is 11.8 Å². The van der Waals surface area contributed by atoms with E-state index in [1.54, 1.807) is 12.1 Å². The average Bonchev–Trinajstić information content (AvgIpc) is 2.16. The van der Waals surface area contributed by atoms with Gasteiger partial charge in [-0.3, -0.25) is 0 Å². The number of anilines is 1. The van der Waals surface area contributed by atoms with E-state index in [9.17, 15) is 0 Å². The van der Waals surface area contributed by atoms with Gasteiger partial charge in [-0.05, 0) is 12.1 Å². The van der Waals surface area contributed by atoms with Crippen LogP contribution in [-0.4, -0.2) is 17.5 Å². The summed E-state index contributed by atoms with van der Waals surface area (Å²) in [4.78, 5) is 0.855. The second-order valence-corrected chi connectivity index (χ2v) is 3.54. The van der Waals surface area contributed by atoms with Crippen LogP contribution in [0.2, 0.25) is 0 Å². The van der Waals surface area contributed by atoms with Gasteiger partial charge < -0.3 is 10.8 Å². The van der Waals surface area contributed by atoms with Gasteiger partial charge in [0, 0.05) is 10.6 Å². The number of hydrogen-bond acceptors (Lipinski definition) is 4. The predicted octanol–water partition coefficient (Wildman–Crippen LogP) is 1.22. The Morgan fingerprint density at radius 3 is 2.92 bits per heavy atom. The molecule has 0 aliphatic rings. The van der Waals surface area contributed by atoms with Gasteiger partial charge in [0.25, 0.3) is 0 Å². The molecular weight excluding hydrogens is 184 g/mol. The molecule has 3 nitrogen and oxygen atoms in total. The molecule has 0 atom stereocenters. The van der Waals surface area contributed by atoms with Gasteiger partial charge >= 0.3 is 0 Å². The van der Waals surface area contributed by atoms with Gasteiger partial charge in [0.05, 0.1) is 17.9 Å². The van der Waals surface area contributed by atoms with Crippen LogP contribution in [0.15, 0.2) is 23.1 Å². The number of nitrogen functional groups attached to an aromatic ring is 1. The number of benzene rings is 1. The Bertz CT molecular complexity index is 333. The third-order valence-corrected chi connectivity index (χ3v) is 2.59. The first kappa shape index (κ1) is 9.90. The van der Waals surface area contributed by atoms with E-state index in [1.807, 2.05) is 12.1 Å². The number of aliphatic hydroxyl groups is 1. The van der Waals surface area contributed by atoms with Crippen LogP contribution in [-0.2, 0) is 0 Å². The van der Waals surface area contributed by atoms with E-state index < -0.39 is 0 Å². The Balaban J connectivity index is 2.90. The van der Waals surface area contributed by atoms with E-state index in [4.69, 9.17) is 16.1 Å². The van der Waals surface area contributed by atoms with Crippen molar-refractivity contribution < 1.29 is 5.11 Å². The van der Waals surface area contributed by atoms with Gasteiger partial charge in [-0.1, -0.05) is 6.07 Å². The summed E-state index contributed by atoms with van der Waals surface area (Å²) < 4.78 is 0. The van der Waals surface area contributed by atoms with E-state index in [0.717, 1.165) is 4.90 Å². The van der Waals surface area contributed by atoms with Crippen LogP contribution in [0.1, 0.15) is 5.56 Å². The molecule has 0 bridgehead atoms. The van der Waals surface area contributed by atoms with Gasteiger partial charge in [-0.15, -0.1) is 11.8 Å². The molecule has 0 heterocycles. The molecule has 13 heavy (non-hydrogen) atoms. The van der Waals surface area contributed by atoms with E-state index in [0.29, 0.717) is 17.0 Å². The quantitative estimate of drug-likeness (QED) is 0.560. The molecule has 1 rings (SSSR count). The zero-order valence-electron chi connectivity index (χ0n) is 7.03. The molecular formula is C9H10N2OS. The normalized spacial score (nSPS) is 9.54. The first-order valence-corrected chi connectivity index (χ1v) is 4.80. The molecule has 0 aromatic heterocycles. The zero-order valence-corrected chi connectivity index (χ0v) is 7.84. The molecule has 1 aromatic rings. The smallest absolute Gasteiger partial charge is 0.101 e. The highest BCUT2D eigenvalue weighted by atomic mass is 32.2. The van der Waals surface area contributed by atoms with Crippen LogP contribution in [0.3, 0.4) is 0 Å². The van der Waals surface area contributed by atoms with Crippen molar-refractivity contribution >= 4 is 17.4 Å². The average molecular weight is 194 g/mol. The molecule has 0 aliphatic carbocycles. The first-order valence-electron chi connectivity index (χ1n) is 3.82. The Kier molecular flexibility index (Phi) is 3.62. The lowest BCUT2D eigenvalue weighted by atomic mass is 10.2. The minimum absolute atomic E-state index is 0.112. The monoisotopic (exact) mass is 194 g/mol. The topological polar surface area (TPSA) is 70.0 Å². The Labute approximate surface area is 81.2 Å². The predicted molar refractivity (Wildman–Crippen MR) is 53.4 cm³/mol. The number of rotatable bonds is 3.